The van der Waals surface area contributed by atoms with Gasteiger partial charge in [-0.05, 0) is 37.8 Å². The molecule has 11 heteroatoms. The molecule has 2 aromatic heterocycles. The first-order chi connectivity index (χ1) is 16.2. The first-order valence-electron chi connectivity index (χ1n) is 10.9. The molecule has 3 aromatic rings. The van der Waals surface area contributed by atoms with Gasteiger partial charge in [0, 0.05) is 35.8 Å². The summed E-state index contributed by atoms with van der Waals surface area (Å²) in [6.07, 6.45) is -2.29. The summed E-state index contributed by atoms with van der Waals surface area (Å²) in [5, 5.41) is 8.23. The molecule has 2 heterocycles. The molecule has 0 spiro atoms. The molecule has 1 aliphatic carbocycles. The number of alkyl halides is 3. The third kappa shape index (κ3) is 5.30. The molecule has 0 unspecified atom stereocenters. The predicted molar refractivity (Wildman–Crippen MR) is 121 cm³/mol. The van der Waals surface area contributed by atoms with Crippen LogP contribution in [0, 0.1) is 0 Å². The van der Waals surface area contributed by atoms with Crippen molar-refractivity contribution in [2.24, 2.45) is 0 Å². The normalized spacial score (nSPS) is 14.4. The number of nitrogens with one attached hydrogen (secondary N) is 1. The highest BCUT2D eigenvalue weighted by Gasteiger charge is 2.39. The first kappa shape index (κ1) is 23.9. The largest absolute Gasteiger partial charge is 0.435 e. The van der Waals surface area contributed by atoms with Crippen molar-refractivity contribution in [2.75, 3.05) is 11.9 Å². The molecule has 0 bridgehead atoms. The van der Waals surface area contributed by atoms with Crippen LogP contribution < -0.4 is 10.2 Å². The molecular formula is C23H24F3N5O2S. The number of carbonyl (C=O) groups excluding carboxylic acids is 2. The zero-order valence-corrected chi connectivity index (χ0v) is 19.3. The molecule has 0 radical (unpaired) electrons. The fourth-order valence-corrected chi connectivity index (χ4v) is 4.74. The molecule has 1 N–H and O–H groups in total. The number of benzene rings is 1. The highest BCUT2D eigenvalue weighted by Crippen LogP contribution is 2.35. The van der Waals surface area contributed by atoms with Crippen molar-refractivity contribution < 1.29 is 22.8 Å². The second kappa shape index (κ2) is 9.96. The molecule has 0 fully saturated rings. The van der Waals surface area contributed by atoms with Gasteiger partial charge in [0.05, 0.1) is 11.2 Å². The van der Waals surface area contributed by atoms with Gasteiger partial charge in [0.1, 0.15) is 12.6 Å². The Kier molecular flexibility index (Phi) is 7.01. The number of halogens is 3. The maximum Gasteiger partial charge on any atom is 0.435 e. The lowest BCUT2D eigenvalue weighted by Crippen LogP contribution is -2.49. The molecule has 4 rings (SSSR count). The average molecular weight is 492 g/mol. The Balaban J connectivity index is 1.54. The molecule has 0 saturated heterocycles. The topological polar surface area (TPSA) is 80.1 Å². The number of rotatable bonds is 7. The minimum absolute atomic E-state index is 0.163. The average Bonchev–Trinajstić information content (AvgIpc) is 3.46. The van der Waals surface area contributed by atoms with Gasteiger partial charge in [0.25, 0.3) is 0 Å². The minimum atomic E-state index is -4.58. The van der Waals surface area contributed by atoms with Crippen molar-refractivity contribution >= 4 is 28.8 Å². The van der Waals surface area contributed by atoms with Crippen molar-refractivity contribution in [1.29, 1.82) is 0 Å². The summed E-state index contributed by atoms with van der Waals surface area (Å²) in [6, 6.07) is 8.03. The number of hydrogen-bond donors (Lipinski definition) is 1. The second-order valence-electron chi connectivity index (χ2n) is 8.17. The Morgan fingerprint density at radius 2 is 1.94 bits per heavy atom. The molecule has 1 atom stereocenters. The van der Waals surface area contributed by atoms with E-state index < -0.39 is 30.4 Å². The van der Waals surface area contributed by atoms with Crippen molar-refractivity contribution in [2.45, 2.75) is 50.9 Å². The van der Waals surface area contributed by atoms with Gasteiger partial charge in [-0.1, -0.05) is 18.2 Å². The molecule has 7 nitrogen and oxygen atoms in total. The van der Waals surface area contributed by atoms with E-state index in [2.05, 4.69) is 15.4 Å². The Hall–Kier alpha value is -3.21. The Morgan fingerprint density at radius 3 is 2.62 bits per heavy atom. The van der Waals surface area contributed by atoms with E-state index in [-0.39, 0.29) is 17.9 Å². The number of thiazole rings is 1. The third-order valence-electron chi connectivity index (χ3n) is 5.82. The highest BCUT2D eigenvalue weighted by atomic mass is 32.1. The molecule has 1 aliphatic rings. The SMILES string of the molecule is CN(C(=O)[C@H](Cc1cscn1)NC(=O)Cn1nc(C(F)(F)F)c2c1CCCC2)c1ccccc1. The van der Waals surface area contributed by atoms with Crippen LogP contribution in [0.1, 0.15) is 35.5 Å². The van der Waals surface area contributed by atoms with Crippen LogP contribution in [0.25, 0.3) is 0 Å². The van der Waals surface area contributed by atoms with Gasteiger partial charge < -0.3 is 10.2 Å². The molecule has 0 saturated carbocycles. The summed E-state index contributed by atoms with van der Waals surface area (Å²) < 4.78 is 41.6. The van der Waals surface area contributed by atoms with Crippen molar-refractivity contribution in [3.05, 3.63) is 63.9 Å². The Bertz CT molecular complexity index is 1150. The number of anilines is 1. The van der Waals surface area contributed by atoms with Crippen LogP contribution in [0.3, 0.4) is 0 Å². The van der Waals surface area contributed by atoms with Gasteiger partial charge in [-0.2, -0.15) is 18.3 Å². The second-order valence-corrected chi connectivity index (χ2v) is 8.89. The zero-order chi connectivity index (χ0) is 24.3. The van der Waals surface area contributed by atoms with Crippen molar-refractivity contribution in [1.82, 2.24) is 20.1 Å². The molecule has 0 aliphatic heterocycles. The number of nitrogens with zero attached hydrogens (tertiary/aromatic N) is 4. The van der Waals surface area contributed by atoms with Crippen LogP contribution in [0.5, 0.6) is 0 Å². The van der Waals surface area contributed by atoms with E-state index in [4.69, 9.17) is 0 Å². The third-order valence-corrected chi connectivity index (χ3v) is 6.46. The molecular weight excluding hydrogens is 467 g/mol. The fourth-order valence-electron chi connectivity index (χ4n) is 4.17. The van der Waals surface area contributed by atoms with Crippen LogP contribution in [0.2, 0.25) is 0 Å². The number of carbonyl (C=O) groups is 2. The number of fused-ring (bicyclic) bond motifs is 1. The maximum atomic E-state index is 13.5. The highest BCUT2D eigenvalue weighted by molar-refractivity contribution is 7.07. The van der Waals surface area contributed by atoms with Crippen molar-refractivity contribution in [3.63, 3.8) is 0 Å². The quantitative estimate of drug-likeness (QED) is 0.548. The maximum absolute atomic E-state index is 13.5. The fraction of sp³-hybridized carbons (Fsp3) is 0.391. The minimum Gasteiger partial charge on any atom is -0.342 e. The first-order valence-corrected chi connectivity index (χ1v) is 11.8. The van der Waals surface area contributed by atoms with Gasteiger partial charge in [-0.3, -0.25) is 14.3 Å². The number of amides is 2. The number of likely N-dealkylation sites (N-methyl/N-ethyl adjacent to an activating group) is 1. The number of hydrogen-bond acceptors (Lipinski definition) is 5. The lowest BCUT2D eigenvalue weighted by atomic mass is 9.95. The van der Waals surface area contributed by atoms with E-state index >= 15 is 0 Å². The Morgan fingerprint density at radius 1 is 1.21 bits per heavy atom. The predicted octanol–water partition coefficient (Wildman–Crippen LogP) is 3.63. The van der Waals surface area contributed by atoms with Crippen LogP contribution in [0.4, 0.5) is 18.9 Å². The standard InChI is InChI=1S/C23H24F3N5O2S/c1-30(16-7-3-2-4-8-16)22(33)18(11-15-13-34-14-27-15)28-20(32)12-31-19-10-6-5-9-17(19)21(29-31)23(24,25)26/h2-4,7-8,13-14,18H,5-6,9-12H2,1H3,(H,28,32)/t18-/m0/s1. The summed E-state index contributed by atoms with van der Waals surface area (Å²) in [5.41, 5.74) is 2.62. The lowest BCUT2D eigenvalue weighted by molar-refractivity contribution is -0.142. The zero-order valence-electron chi connectivity index (χ0n) is 18.5. The molecule has 34 heavy (non-hydrogen) atoms. The lowest BCUT2D eigenvalue weighted by Gasteiger charge is -2.24. The number of para-hydroxylation sites is 1. The van der Waals surface area contributed by atoms with E-state index in [1.807, 2.05) is 6.07 Å². The van der Waals surface area contributed by atoms with E-state index in [1.165, 1.54) is 16.2 Å². The van der Waals surface area contributed by atoms with Gasteiger partial charge >= 0.3 is 6.18 Å². The summed E-state index contributed by atoms with van der Waals surface area (Å²) >= 11 is 1.37. The molecule has 180 valence electrons. The smallest absolute Gasteiger partial charge is 0.342 e. The molecule has 2 amide bonds. The van der Waals surface area contributed by atoms with Gasteiger partial charge in [0.15, 0.2) is 5.69 Å². The summed E-state index contributed by atoms with van der Waals surface area (Å²) in [6.45, 7) is -0.395. The summed E-state index contributed by atoms with van der Waals surface area (Å²) in [4.78, 5) is 31.8. The van der Waals surface area contributed by atoms with E-state index in [9.17, 15) is 22.8 Å². The van der Waals surface area contributed by atoms with Crippen molar-refractivity contribution in [3.8, 4) is 0 Å². The summed E-state index contributed by atoms with van der Waals surface area (Å²) in [7, 11) is 1.61. The van der Waals surface area contributed by atoms with E-state index in [0.717, 1.165) is 11.1 Å². The van der Waals surface area contributed by atoms with Crippen LogP contribution >= 0.6 is 11.3 Å². The van der Waals surface area contributed by atoms with E-state index in [0.29, 0.717) is 36.3 Å². The summed E-state index contributed by atoms with van der Waals surface area (Å²) in [5.74, 6) is -0.939. The van der Waals surface area contributed by atoms with Gasteiger partial charge in [-0.25, -0.2) is 4.98 Å². The molecule has 1 aromatic carbocycles. The van der Waals surface area contributed by atoms with Crippen LogP contribution in [-0.4, -0.2) is 39.7 Å². The van der Waals surface area contributed by atoms with Crippen LogP contribution in [0.15, 0.2) is 41.2 Å². The Labute approximate surface area is 198 Å². The van der Waals surface area contributed by atoms with Gasteiger partial charge in [-0.15, -0.1) is 11.3 Å². The number of aromatic nitrogens is 3. The van der Waals surface area contributed by atoms with Gasteiger partial charge in [0.2, 0.25) is 11.8 Å². The monoisotopic (exact) mass is 491 g/mol. The van der Waals surface area contributed by atoms with Crippen LogP contribution in [-0.2, 0) is 41.6 Å². The van der Waals surface area contributed by atoms with E-state index in [1.54, 1.807) is 42.2 Å².